The van der Waals surface area contributed by atoms with Crippen LogP contribution in [0.5, 0.6) is 5.75 Å². The van der Waals surface area contributed by atoms with Crippen molar-refractivity contribution in [3.05, 3.63) is 204 Å². The molecular formula is C51H34N4O2. The smallest absolute Gasteiger partial charge is 0.159 e. The Bertz CT molecular complexity index is 3150. The van der Waals surface area contributed by atoms with Crippen molar-refractivity contribution in [2.24, 2.45) is 9.98 Å². The molecular weight excluding hydrogens is 701 g/mol. The van der Waals surface area contributed by atoms with E-state index in [0.29, 0.717) is 5.84 Å². The van der Waals surface area contributed by atoms with Gasteiger partial charge >= 0.3 is 0 Å². The first-order chi connectivity index (χ1) is 28.3. The minimum Gasteiger partial charge on any atom is -0.482 e. The van der Waals surface area contributed by atoms with E-state index in [4.69, 9.17) is 19.1 Å². The van der Waals surface area contributed by atoms with Crippen LogP contribution in [0.2, 0.25) is 0 Å². The molecule has 2 aliphatic heterocycles. The van der Waals surface area contributed by atoms with Gasteiger partial charge in [0.2, 0.25) is 0 Å². The zero-order chi connectivity index (χ0) is 37.5. The molecule has 3 aliphatic rings. The Hall–Kier alpha value is -7.44. The Labute approximate surface area is 328 Å². The van der Waals surface area contributed by atoms with Gasteiger partial charge in [0, 0.05) is 55.3 Å². The fourth-order valence-corrected chi connectivity index (χ4v) is 9.02. The summed E-state index contributed by atoms with van der Waals surface area (Å²) >= 11 is 0. The van der Waals surface area contributed by atoms with E-state index in [9.17, 15) is 0 Å². The van der Waals surface area contributed by atoms with Gasteiger partial charge in [-0.2, -0.15) is 0 Å². The Kier molecular flexibility index (Phi) is 7.01. The van der Waals surface area contributed by atoms with Gasteiger partial charge in [0.05, 0.1) is 16.7 Å². The Morgan fingerprint density at radius 1 is 0.596 bits per heavy atom. The number of furan rings is 1. The molecule has 0 radical (unpaired) electrons. The zero-order valence-electron chi connectivity index (χ0n) is 30.7. The number of para-hydroxylation sites is 4. The van der Waals surface area contributed by atoms with Gasteiger partial charge in [0.1, 0.15) is 35.0 Å². The molecule has 6 nitrogen and oxygen atoms in total. The number of benzene rings is 7. The minimum absolute atomic E-state index is 0.0750. The standard InChI is InChI=1S/C51H34N4O2/c1-3-14-31(15-4-1)49-52-50(32-16-5-2-6-17-32)54-51(53-49)33-28-29-45-41(30-33)40-23-12-20-36(46(40)56-45)37-21-11-22-38-39-24-13-27-44(48(39)57-47(37)38)55-42-25-9-7-18-34(42)35-19-8-10-26-43(35)55/h1-30,39,48,51H,(H,52,53,54). The number of rotatable bonds is 5. The molecule has 57 heavy (non-hydrogen) atoms. The Morgan fingerprint density at radius 2 is 1.28 bits per heavy atom. The van der Waals surface area contributed by atoms with E-state index >= 15 is 0 Å². The van der Waals surface area contributed by atoms with Crippen molar-refractivity contribution in [2.45, 2.75) is 18.2 Å². The van der Waals surface area contributed by atoms with Crippen LogP contribution in [0.15, 0.2) is 196 Å². The SMILES string of the molecule is C1=CC2c3cccc(-c4cccc5c4oc4ccc(C6N=C(c7ccccc7)N=C(c7ccccc7)N6)cc45)c3OC2C(n2c3ccccc3c3ccccc32)=C1. The molecule has 3 unspecified atom stereocenters. The Balaban J connectivity index is 0.940. The molecule has 6 heteroatoms. The molecule has 0 saturated carbocycles. The highest BCUT2D eigenvalue weighted by molar-refractivity contribution is 6.14. The largest absolute Gasteiger partial charge is 0.482 e. The summed E-state index contributed by atoms with van der Waals surface area (Å²) in [6.45, 7) is 0. The molecule has 0 spiro atoms. The summed E-state index contributed by atoms with van der Waals surface area (Å²) < 4.78 is 16.3. The summed E-state index contributed by atoms with van der Waals surface area (Å²) in [6.07, 6.45) is 6.15. The maximum absolute atomic E-state index is 7.13. The summed E-state index contributed by atoms with van der Waals surface area (Å²) in [5, 5.41) is 8.18. The third kappa shape index (κ3) is 4.97. The number of fused-ring (bicyclic) bond motifs is 9. The predicted octanol–water partition coefficient (Wildman–Crippen LogP) is 11.8. The van der Waals surface area contributed by atoms with E-state index in [1.165, 1.54) is 27.4 Å². The van der Waals surface area contributed by atoms with E-state index in [1.807, 2.05) is 36.4 Å². The molecule has 0 saturated heterocycles. The van der Waals surface area contributed by atoms with Crippen LogP contribution in [0.4, 0.5) is 0 Å². The van der Waals surface area contributed by atoms with E-state index in [1.54, 1.807) is 0 Å². The minimum atomic E-state index is -0.343. The maximum atomic E-state index is 7.13. The Morgan fingerprint density at radius 3 is 2.07 bits per heavy atom. The molecule has 0 bridgehead atoms. The van der Waals surface area contributed by atoms with E-state index in [2.05, 4.69) is 156 Å². The zero-order valence-corrected chi connectivity index (χ0v) is 30.7. The number of allylic oxidation sites excluding steroid dienone is 2. The second-order valence-electron chi connectivity index (χ2n) is 14.9. The predicted molar refractivity (Wildman–Crippen MR) is 231 cm³/mol. The molecule has 4 heterocycles. The van der Waals surface area contributed by atoms with E-state index in [0.717, 1.165) is 67.0 Å². The molecule has 1 N–H and O–H groups in total. The van der Waals surface area contributed by atoms with Gasteiger partial charge < -0.3 is 19.0 Å². The molecule has 270 valence electrons. The van der Waals surface area contributed by atoms with Crippen molar-refractivity contribution in [3.63, 3.8) is 0 Å². The van der Waals surface area contributed by atoms with Crippen molar-refractivity contribution in [3.8, 4) is 16.9 Å². The van der Waals surface area contributed by atoms with Gasteiger partial charge in [-0.05, 0) is 35.9 Å². The van der Waals surface area contributed by atoms with Gasteiger partial charge in [-0.1, -0.05) is 152 Å². The molecule has 2 aromatic heterocycles. The lowest BCUT2D eigenvalue weighted by molar-refractivity contribution is 0.273. The molecule has 0 fully saturated rings. The highest BCUT2D eigenvalue weighted by Crippen LogP contribution is 2.51. The fraction of sp³-hybridized carbons (Fsp3) is 0.0588. The van der Waals surface area contributed by atoms with Crippen LogP contribution in [-0.4, -0.2) is 22.3 Å². The van der Waals surface area contributed by atoms with Crippen molar-refractivity contribution >= 4 is 61.1 Å². The van der Waals surface area contributed by atoms with E-state index < -0.39 is 0 Å². The topological polar surface area (TPSA) is 64.1 Å². The molecule has 1 aliphatic carbocycles. The number of nitrogens with one attached hydrogen (secondary N) is 1. The highest BCUT2D eigenvalue weighted by atomic mass is 16.5. The van der Waals surface area contributed by atoms with Crippen LogP contribution in [0, 0.1) is 0 Å². The number of aromatic nitrogens is 1. The number of aliphatic imine (C=N–C) groups is 2. The highest BCUT2D eigenvalue weighted by Gasteiger charge is 2.40. The molecule has 3 atom stereocenters. The second kappa shape index (κ2) is 12.5. The van der Waals surface area contributed by atoms with Crippen molar-refractivity contribution in [1.82, 2.24) is 9.88 Å². The summed E-state index contributed by atoms with van der Waals surface area (Å²) in [4.78, 5) is 10.1. The number of hydrogen-bond acceptors (Lipinski definition) is 5. The van der Waals surface area contributed by atoms with Gasteiger partial charge in [-0.15, -0.1) is 0 Å². The second-order valence-corrected chi connectivity index (χ2v) is 14.9. The summed E-state index contributed by atoms with van der Waals surface area (Å²) in [6, 6.07) is 57.0. The van der Waals surface area contributed by atoms with Crippen LogP contribution in [0.1, 0.15) is 34.3 Å². The number of ether oxygens (including phenoxy) is 1. The van der Waals surface area contributed by atoms with Crippen molar-refractivity contribution in [1.29, 1.82) is 0 Å². The first-order valence-electron chi connectivity index (χ1n) is 19.4. The molecule has 0 amide bonds. The van der Waals surface area contributed by atoms with Crippen LogP contribution in [0.25, 0.3) is 60.6 Å². The molecule has 12 rings (SSSR count). The van der Waals surface area contributed by atoms with E-state index in [-0.39, 0.29) is 18.2 Å². The number of hydrogen-bond donors (Lipinski definition) is 1. The monoisotopic (exact) mass is 734 g/mol. The van der Waals surface area contributed by atoms with Crippen molar-refractivity contribution in [2.75, 3.05) is 0 Å². The van der Waals surface area contributed by atoms with Crippen LogP contribution in [-0.2, 0) is 0 Å². The van der Waals surface area contributed by atoms with Gasteiger partial charge in [-0.3, -0.25) is 0 Å². The molecule has 9 aromatic rings. The van der Waals surface area contributed by atoms with Crippen LogP contribution in [0.3, 0.4) is 0 Å². The number of amidine groups is 2. The summed E-state index contributed by atoms with van der Waals surface area (Å²) in [7, 11) is 0. The van der Waals surface area contributed by atoms with Crippen LogP contribution < -0.4 is 10.1 Å². The quantitative estimate of drug-likeness (QED) is 0.191. The third-order valence-corrected chi connectivity index (χ3v) is 11.6. The fourth-order valence-electron chi connectivity index (χ4n) is 9.02. The summed E-state index contributed by atoms with van der Waals surface area (Å²) in [5.41, 5.74) is 11.4. The number of nitrogens with zero attached hydrogens (tertiary/aromatic N) is 3. The van der Waals surface area contributed by atoms with Gasteiger partial charge in [0.25, 0.3) is 0 Å². The molecule has 7 aromatic carbocycles. The lowest BCUT2D eigenvalue weighted by Gasteiger charge is -2.25. The van der Waals surface area contributed by atoms with Crippen LogP contribution >= 0.6 is 0 Å². The first-order valence-corrected chi connectivity index (χ1v) is 19.4. The maximum Gasteiger partial charge on any atom is 0.159 e. The summed E-state index contributed by atoms with van der Waals surface area (Å²) in [5.74, 6) is 2.47. The average molecular weight is 735 g/mol. The lowest BCUT2D eigenvalue weighted by Crippen LogP contribution is -2.33. The average Bonchev–Trinajstić information content (AvgIpc) is 3.96. The normalized spacial score (nSPS) is 18.5. The third-order valence-electron chi connectivity index (χ3n) is 11.6. The van der Waals surface area contributed by atoms with Gasteiger partial charge in [-0.25, -0.2) is 9.98 Å². The first kappa shape index (κ1) is 31.9. The van der Waals surface area contributed by atoms with Crippen molar-refractivity contribution < 1.29 is 9.15 Å². The lowest BCUT2D eigenvalue weighted by atomic mass is 9.88. The van der Waals surface area contributed by atoms with Gasteiger partial charge in [0.15, 0.2) is 5.84 Å².